The van der Waals surface area contributed by atoms with Gasteiger partial charge in [0.1, 0.15) is 4.99 Å². The largest absolute Gasteiger partial charge is 0.389 e. The first-order chi connectivity index (χ1) is 7.70. The molecule has 0 aliphatic rings. The molecule has 0 saturated heterocycles. The molecule has 1 rings (SSSR count). The van der Waals surface area contributed by atoms with E-state index >= 15 is 0 Å². The molecular weight excluding hydrogens is 230 g/mol. The lowest BCUT2D eigenvalue weighted by Crippen LogP contribution is -2.22. The van der Waals surface area contributed by atoms with Crippen LogP contribution in [0, 0.1) is 19.3 Å². The normalized spacial score (nSPS) is 11.4. The molecule has 0 aromatic carbocycles. The lowest BCUT2D eigenvalue weighted by Gasteiger charge is -2.22. The van der Waals surface area contributed by atoms with E-state index in [1.807, 2.05) is 19.9 Å². The minimum Gasteiger partial charge on any atom is -0.389 e. The van der Waals surface area contributed by atoms with Gasteiger partial charge in [0.25, 0.3) is 0 Å². The van der Waals surface area contributed by atoms with Crippen molar-refractivity contribution >= 4 is 22.9 Å². The molecule has 0 unspecified atom stereocenters. The fourth-order valence-corrected chi connectivity index (χ4v) is 1.90. The third-order valence-electron chi connectivity index (χ3n) is 2.38. The van der Waals surface area contributed by atoms with E-state index in [9.17, 15) is 0 Å². The molecule has 94 valence electrons. The summed E-state index contributed by atoms with van der Waals surface area (Å²) in [5.74, 6) is 0. The van der Waals surface area contributed by atoms with Crippen molar-refractivity contribution in [3.63, 3.8) is 0 Å². The minimum absolute atomic E-state index is 0.207. The second-order valence-corrected chi connectivity index (χ2v) is 5.99. The average molecular weight is 251 g/mol. The molecule has 4 heteroatoms. The maximum atomic E-state index is 5.76. The van der Waals surface area contributed by atoms with Gasteiger partial charge in [-0.25, -0.2) is 0 Å². The molecule has 1 aromatic heterocycles. The highest BCUT2D eigenvalue weighted by molar-refractivity contribution is 7.80. The smallest absolute Gasteiger partial charge is 0.107 e. The molecule has 1 heterocycles. The first-order valence-electron chi connectivity index (χ1n) is 5.72. The Labute approximate surface area is 109 Å². The average Bonchev–Trinajstić information content (AvgIpc) is 2.11. The third-order valence-corrected chi connectivity index (χ3v) is 2.59. The number of hydrogen-bond donors (Lipinski definition) is 2. The Hall–Kier alpha value is -1.16. The van der Waals surface area contributed by atoms with Gasteiger partial charge in [0, 0.05) is 23.6 Å². The van der Waals surface area contributed by atoms with E-state index in [4.69, 9.17) is 18.0 Å². The quantitative estimate of drug-likeness (QED) is 0.811. The fourth-order valence-electron chi connectivity index (χ4n) is 1.64. The van der Waals surface area contributed by atoms with Crippen molar-refractivity contribution in [3.05, 3.63) is 23.0 Å². The topological polar surface area (TPSA) is 50.9 Å². The summed E-state index contributed by atoms with van der Waals surface area (Å²) >= 11 is 5.09. The monoisotopic (exact) mass is 251 g/mol. The number of nitrogens with zero attached hydrogens (tertiary/aromatic N) is 1. The van der Waals surface area contributed by atoms with Crippen LogP contribution in [-0.4, -0.2) is 16.5 Å². The zero-order chi connectivity index (χ0) is 13.2. The molecular formula is C13H21N3S. The van der Waals surface area contributed by atoms with Gasteiger partial charge in [0.05, 0.1) is 5.56 Å². The van der Waals surface area contributed by atoms with E-state index in [0.29, 0.717) is 4.99 Å². The van der Waals surface area contributed by atoms with E-state index in [1.54, 1.807) is 0 Å². The van der Waals surface area contributed by atoms with Crippen LogP contribution in [0.5, 0.6) is 0 Å². The van der Waals surface area contributed by atoms with Gasteiger partial charge in [-0.3, -0.25) is 4.98 Å². The summed E-state index contributed by atoms with van der Waals surface area (Å²) in [4.78, 5) is 4.79. The van der Waals surface area contributed by atoms with Crippen LogP contribution in [0.15, 0.2) is 6.07 Å². The second-order valence-electron chi connectivity index (χ2n) is 5.55. The van der Waals surface area contributed by atoms with Crippen LogP contribution in [0.1, 0.15) is 37.7 Å². The van der Waals surface area contributed by atoms with Gasteiger partial charge in [0.2, 0.25) is 0 Å². The molecule has 0 atom stereocenters. The van der Waals surface area contributed by atoms with E-state index in [1.165, 1.54) is 0 Å². The lowest BCUT2D eigenvalue weighted by molar-refractivity contribution is 0.443. The molecule has 0 aliphatic heterocycles. The van der Waals surface area contributed by atoms with Crippen molar-refractivity contribution in [2.75, 3.05) is 11.9 Å². The van der Waals surface area contributed by atoms with Crippen LogP contribution in [-0.2, 0) is 0 Å². The summed E-state index contributed by atoms with van der Waals surface area (Å²) in [5.41, 5.74) is 9.66. The number of aromatic nitrogens is 1. The zero-order valence-corrected chi connectivity index (χ0v) is 12.0. The van der Waals surface area contributed by atoms with Crippen LogP contribution in [0.3, 0.4) is 0 Å². The van der Waals surface area contributed by atoms with Crippen molar-refractivity contribution < 1.29 is 0 Å². The lowest BCUT2D eigenvalue weighted by atomic mass is 9.96. The first kappa shape index (κ1) is 13.9. The van der Waals surface area contributed by atoms with Crippen LogP contribution in [0.2, 0.25) is 0 Å². The molecule has 17 heavy (non-hydrogen) atoms. The standard InChI is InChI=1S/C13H21N3S/c1-8-6-10(15-7-13(3,4)5)11(12(14)17)9(2)16-8/h6H,7H2,1-5H3,(H2,14,17)(H,15,16). The summed E-state index contributed by atoms with van der Waals surface area (Å²) in [5, 5.41) is 3.41. The highest BCUT2D eigenvalue weighted by Gasteiger charge is 2.14. The van der Waals surface area contributed by atoms with E-state index in [-0.39, 0.29) is 5.41 Å². The summed E-state index contributed by atoms with van der Waals surface area (Å²) < 4.78 is 0. The molecule has 0 spiro atoms. The summed E-state index contributed by atoms with van der Waals surface area (Å²) in [6.07, 6.45) is 0. The van der Waals surface area contributed by atoms with Crippen LogP contribution in [0.25, 0.3) is 0 Å². The molecule has 0 aliphatic carbocycles. The van der Waals surface area contributed by atoms with Gasteiger partial charge in [-0.05, 0) is 25.3 Å². The van der Waals surface area contributed by atoms with Gasteiger partial charge >= 0.3 is 0 Å². The molecule has 0 saturated carbocycles. The number of hydrogen-bond acceptors (Lipinski definition) is 3. The first-order valence-corrected chi connectivity index (χ1v) is 6.13. The maximum Gasteiger partial charge on any atom is 0.107 e. The number of aryl methyl sites for hydroxylation is 2. The highest BCUT2D eigenvalue weighted by Crippen LogP contribution is 2.22. The van der Waals surface area contributed by atoms with Crippen molar-refractivity contribution in [3.8, 4) is 0 Å². The van der Waals surface area contributed by atoms with Gasteiger partial charge in [-0.15, -0.1) is 0 Å². The van der Waals surface area contributed by atoms with Gasteiger partial charge in [-0.1, -0.05) is 33.0 Å². The van der Waals surface area contributed by atoms with E-state index in [0.717, 1.165) is 29.2 Å². The van der Waals surface area contributed by atoms with Gasteiger partial charge in [0.15, 0.2) is 0 Å². The molecule has 0 amide bonds. The SMILES string of the molecule is Cc1cc(NCC(C)(C)C)c(C(N)=S)c(C)n1. The maximum absolute atomic E-state index is 5.76. The summed E-state index contributed by atoms with van der Waals surface area (Å²) in [6, 6.07) is 1.99. The van der Waals surface area contributed by atoms with Crippen molar-refractivity contribution in [2.24, 2.45) is 11.1 Å². The highest BCUT2D eigenvalue weighted by atomic mass is 32.1. The summed E-state index contributed by atoms with van der Waals surface area (Å²) in [6.45, 7) is 11.3. The van der Waals surface area contributed by atoms with Crippen molar-refractivity contribution in [2.45, 2.75) is 34.6 Å². The number of anilines is 1. The molecule has 0 bridgehead atoms. The Bertz CT molecular complexity index is 433. The second kappa shape index (κ2) is 5.00. The zero-order valence-electron chi connectivity index (χ0n) is 11.2. The number of nitrogens with two attached hydrogens (primary N) is 1. The van der Waals surface area contributed by atoms with Crippen molar-refractivity contribution in [1.82, 2.24) is 4.98 Å². The Morgan fingerprint density at radius 2 is 2.00 bits per heavy atom. The third kappa shape index (κ3) is 3.97. The van der Waals surface area contributed by atoms with Gasteiger partial charge < -0.3 is 11.1 Å². The number of pyridine rings is 1. The molecule has 0 fully saturated rings. The number of nitrogens with one attached hydrogen (secondary N) is 1. The van der Waals surface area contributed by atoms with Crippen LogP contribution >= 0.6 is 12.2 Å². The minimum atomic E-state index is 0.207. The van der Waals surface area contributed by atoms with Gasteiger partial charge in [-0.2, -0.15) is 0 Å². The number of rotatable bonds is 3. The van der Waals surface area contributed by atoms with Crippen molar-refractivity contribution in [1.29, 1.82) is 0 Å². The molecule has 0 radical (unpaired) electrons. The predicted octanol–water partition coefficient (Wildman–Crippen LogP) is 2.79. The Kier molecular flexibility index (Phi) is 4.09. The Morgan fingerprint density at radius 1 is 1.41 bits per heavy atom. The van der Waals surface area contributed by atoms with Crippen LogP contribution < -0.4 is 11.1 Å². The number of thiocarbonyl (C=S) groups is 1. The Morgan fingerprint density at radius 3 is 2.47 bits per heavy atom. The Balaban J connectivity index is 3.09. The summed E-state index contributed by atoms with van der Waals surface area (Å²) in [7, 11) is 0. The molecule has 3 N–H and O–H groups in total. The van der Waals surface area contributed by atoms with Crippen LogP contribution in [0.4, 0.5) is 5.69 Å². The molecule has 3 nitrogen and oxygen atoms in total. The molecule has 1 aromatic rings. The van der Waals surface area contributed by atoms with E-state index in [2.05, 4.69) is 31.1 Å². The fraction of sp³-hybridized carbons (Fsp3) is 0.538. The predicted molar refractivity (Wildman–Crippen MR) is 77.5 cm³/mol. The van der Waals surface area contributed by atoms with E-state index < -0.39 is 0 Å².